The van der Waals surface area contributed by atoms with Crippen molar-refractivity contribution in [1.29, 1.82) is 0 Å². The Morgan fingerprint density at radius 1 is 1.00 bits per heavy atom. The summed E-state index contributed by atoms with van der Waals surface area (Å²) in [4.78, 5) is 24.1. The van der Waals surface area contributed by atoms with Crippen LogP contribution in [0.5, 0.6) is 5.75 Å². The molecule has 5 heteroatoms. The van der Waals surface area contributed by atoms with Crippen molar-refractivity contribution in [1.82, 2.24) is 10.9 Å². The van der Waals surface area contributed by atoms with Crippen LogP contribution in [0.25, 0.3) is 0 Å². The highest BCUT2D eigenvalue weighted by Gasteiger charge is 2.17. The van der Waals surface area contributed by atoms with Crippen LogP contribution in [-0.2, 0) is 4.79 Å². The van der Waals surface area contributed by atoms with Crippen molar-refractivity contribution in [2.75, 3.05) is 0 Å². The monoisotopic (exact) mass is 326 g/mol. The number of hydrogen-bond donors (Lipinski definition) is 2. The van der Waals surface area contributed by atoms with Crippen molar-refractivity contribution in [2.45, 2.75) is 33.8 Å². The van der Waals surface area contributed by atoms with Gasteiger partial charge in [-0.05, 0) is 57.0 Å². The van der Waals surface area contributed by atoms with Crippen LogP contribution in [-0.4, -0.2) is 17.9 Å². The zero-order chi connectivity index (χ0) is 17.7. The van der Waals surface area contributed by atoms with Crippen LogP contribution >= 0.6 is 0 Å². The number of rotatable bonds is 4. The molecule has 2 N–H and O–H groups in total. The van der Waals surface area contributed by atoms with Gasteiger partial charge in [0.1, 0.15) is 5.75 Å². The zero-order valence-electron chi connectivity index (χ0n) is 14.3. The summed E-state index contributed by atoms with van der Waals surface area (Å²) < 4.78 is 5.68. The van der Waals surface area contributed by atoms with Crippen LogP contribution in [0.4, 0.5) is 0 Å². The highest BCUT2D eigenvalue weighted by molar-refractivity contribution is 5.95. The van der Waals surface area contributed by atoms with Crippen LogP contribution in [0.1, 0.15) is 34.0 Å². The molecular weight excluding hydrogens is 304 g/mol. The molecule has 2 aromatic rings. The summed E-state index contributed by atoms with van der Waals surface area (Å²) in [5, 5.41) is 0. The second-order valence-corrected chi connectivity index (χ2v) is 5.77. The lowest BCUT2D eigenvalue weighted by atomic mass is 10.1. The number of amides is 2. The Kier molecular flexibility index (Phi) is 5.58. The Balaban J connectivity index is 1.92. The Bertz CT molecular complexity index is 756. The fraction of sp³-hybridized carbons (Fsp3) is 0.263. The van der Waals surface area contributed by atoms with Gasteiger partial charge in [0.05, 0.1) is 0 Å². The third-order valence-corrected chi connectivity index (χ3v) is 3.81. The minimum absolute atomic E-state index is 0.369. The lowest BCUT2D eigenvalue weighted by Gasteiger charge is -2.17. The van der Waals surface area contributed by atoms with Gasteiger partial charge in [0, 0.05) is 5.56 Å². The van der Waals surface area contributed by atoms with Gasteiger partial charge in [0.25, 0.3) is 11.8 Å². The molecule has 126 valence electrons. The summed E-state index contributed by atoms with van der Waals surface area (Å²) in [6.07, 6.45) is -0.733. The zero-order valence-corrected chi connectivity index (χ0v) is 14.3. The van der Waals surface area contributed by atoms with Crippen molar-refractivity contribution in [3.63, 3.8) is 0 Å². The van der Waals surface area contributed by atoms with Gasteiger partial charge in [-0.1, -0.05) is 29.8 Å². The first kappa shape index (κ1) is 17.5. The molecule has 0 saturated heterocycles. The van der Waals surface area contributed by atoms with E-state index < -0.39 is 12.0 Å². The fourth-order valence-corrected chi connectivity index (χ4v) is 2.17. The summed E-state index contributed by atoms with van der Waals surface area (Å²) in [5.74, 6) is -0.134. The molecule has 0 aliphatic rings. The third-order valence-electron chi connectivity index (χ3n) is 3.81. The predicted molar refractivity (Wildman–Crippen MR) is 92.8 cm³/mol. The van der Waals surface area contributed by atoms with E-state index in [4.69, 9.17) is 4.74 Å². The fourth-order valence-electron chi connectivity index (χ4n) is 2.17. The second-order valence-electron chi connectivity index (χ2n) is 5.77. The van der Waals surface area contributed by atoms with Crippen LogP contribution < -0.4 is 15.6 Å². The Labute approximate surface area is 142 Å². The average molecular weight is 326 g/mol. The lowest BCUT2D eigenvalue weighted by molar-refractivity contribution is -0.128. The highest BCUT2D eigenvalue weighted by Crippen LogP contribution is 2.21. The maximum atomic E-state index is 12.1. The first-order chi connectivity index (χ1) is 11.4. The maximum Gasteiger partial charge on any atom is 0.279 e. The number of carbonyl (C=O) groups excluding carboxylic acids is 2. The summed E-state index contributed by atoms with van der Waals surface area (Å²) in [7, 11) is 0. The van der Waals surface area contributed by atoms with Crippen molar-refractivity contribution in [2.24, 2.45) is 0 Å². The molecule has 2 aromatic carbocycles. The molecule has 0 heterocycles. The van der Waals surface area contributed by atoms with Crippen LogP contribution in [0.15, 0.2) is 42.5 Å². The summed E-state index contributed by atoms with van der Waals surface area (Å²) in [5.41, 5.74) is 8.33. The van der Waals surface area contributed by atoms with E-state index in [0.29, 0.717) is 11.3 Å². The normalized spacial score (nSPS) is 11.5. The minimum atomic E-state index is -0.733. The van der Waals surface area contributed by atoms with E-state index in [0.717, 1.165) is 16.7 Å². The van der Waals surface area contributed by atoms with Gasteiger partial charge in [-0.2, -0.15) is 0 Å². The number of carbonyl (C=O) groups is 2. The van der Waals surface area contributed by atoms with Crippen LogP contribution in [0.3, 0.4) is 0 Å². The molecule has 0 fully saturated rings. The van der Waals surface area contributed by atoms with Crippen molar-refractivity contribution >= 4 is 11.8 Å². The molecule has 0 bridgehead atoms. The largest absolute Gasteiger partial charge is 0.481 e. The number of hydrogen-bond acceptors (Lipinski definition) is 3. The molecule has 24 heavy (non-hydrogen) atoms. The summed E-state index contributed by atoms with van der Waals surface area (Å²) in [6, 6.07) is 12.8. The topological polar surface area (TPSA) is 67.4 Å². The van der Waals surface area contributed by atoms with E-state index in [1.54, 1.807) is 25.1 Å². The van der Waals surface area contributed by atoms with Crippen molar-refractivity contribution in [3.8, 4) is 5.75 Å². The van der Waals surface area contributed by atoms with E-state index in [2.05, 4.69) is 10.9 Å². The molecule has 0 unspecified atom stereocenters. The molecule has 5 nitrogen and oxygen atoms in total. The molecule has 0 spiro atoms. The van der Waals surface area contributed by atoms with E-state index >= 15 is 0 Å². The van der Waals surface area contributed by atoms with Gasteiger partial charge in [0.15, 0.2) is 6.10 Å². The number of nitrogens with one attached hydrogen (secondary N) is 2. The quantitative estimate of drug-likeness (QED) is 0.849. The number of ether oxygens (including phenoxy) is 1. The van der Waals surface area contributed by atoms with Crippen LogP contribution in [0.2, 0.25) is 0 Å². The molecule has 0 aliphatic heterocycles. The van der Waals surface area contributed by atoms with Crippen LogP contribution in [0, 0.1) is 20.8 Å². The Hall–Kier alpha value is -2.82. The van der Waals surface area contributed by atoms with Gasteiger partial charge in [-0.3, -0.25) is 20.4 Å². The smallest absolute Gasteiger partial charge is 0.279 e. The van der Waals surface area contributed by atoms with Gasteiger partial charge in [-0.25, -0.2) is 0 Å². The standard InChI is InChI=1S/C19H22N2O3/c1-12-7-5-9-16(11-12)19(23)21-20-18(22)15(4)24-17-10-6-8-13(2)14(17)3/h5-11,15H,1-4H3,(H,20,22)(H,21,23)/t15-/m0/s1. The van der Waals surface area contributed by atoms with Crippen molar-refractivity contribution in [3.05, 3.63) is 64.7 Å². The molecular formula is C19H22N2O3. The first-order valence-corrected chi connectivity index (χ1v) is 7.78. The number of aryl methyl sites for hydroxylation is 2. The molecule has 0 aliphatic carbocycles. The molecule has 0 radical (unpaired) electrons. The number of benzene rings is 2. The first-order valence-electron chi connectivity index (χ1n) is 7.78. The van der Waals surface area contributed by atoms with Gasteiger partial charge in [0.2, 0.25) is 0 Å². The van der Waals surface area contributed by atoms with Gasteiger partial charge < -0.3 is 4.74 Å². The average Bonchev–Trinajstić information content (AvgIpc) is 2.56. The van der Waals surface area contributed by atoms with Crippen molar-refractivity contribution < 1.29 is 14.3 Å². The number of hydrazine groups is 1. The van der Waals surface area contributed by atoms with E-state index in [-0.39, 0.29) is 5.91 Å². The summed E-state index contributed by atoms with van der Waals surface area (Å²) >= 11 is 0. The van der Waals surface area contributed by atoms with Gasteiger partial charge >= 0.3 is 0 Å². The van der Waals surface area contributed by atoms with E-state index in [1.165, 1.54) is 0 Å². The molecule has 0 saturated carbocycles. The third kappa shape index (κ3) is 4.35. The molecule has 2 amide bonds. The Morgan fingerprint density at radius 3 is 2.42 bits per heavy atom. The van der Waals surface area contributed by atoms with E-state index in [1.807, 2.05) is 45.0 Å². The molecule has 0 aromatic heterocycles. The molecule has 1 atom stereocenters. The minimum Gasteiger partial charge on any atom is -0.481 e. The second kappa shape index (κ2) is 7.64. The van der Waals surface area contributed by atoms with Gasteiger partial charge in [-0.15, -0.1) is 0 Å². The predicted octanol–water partition coefficient (Wildman–Crippen LogP) is 2.84. The SMILES string of the molecule is Cc1cccc(C(=O)NNC(=O)[C@H](C)Oc2cccc(C)c2C)c1. The summed E-state index contributed by atoms with van der Waals surface area (Å²) in [6.45, 7) is 7.45. The maximum absolute atomic E-state index is 12.1. The molecule has 2 rings (SSSR count). The van der Waals surface area contributed by atoms with E-state index in [9.17, 15) is 9.59 Å². The lowest BCUT2D eigenvalue weighted by Crippen LogP contribution is -2.47. The Morgan fingerprint density at radius 2 is 1.71 bits per heavy atom. The highest BCUT2D eigenvalue weighted by atomic mass is 16.5.